The highest BCUT2D eigenvalue weighted by atomic mass is 16.3. The normalized spacial score (nSPS) is 41.1. The summed E-state index contributed by atoms with van der Waals surface area (Å²) in [6.45, 7) is 4.88. The number of benzene rings is 1. The van der Waals surface area contributed by atoms with Crippen molar-refractivity contribution < 1.29 is 14.3 Å². The highest BCUT2D eigenvalue weighted by Crippen LogP contribution is 2.65. The highest BCUT2D eigenvalue weighted by molar-refractivity contribution is 6.07. The number of aliphatic hydroxyl groups excluding tert-OH is 1. The van der Waals surface area contributed by atoms with Crippen molar-refractivity contribution in [3.05, 3.63) is 59.0 Å². The Morgan fingerprint density at radius 2 is 1.77 bits per heavy atom. The van der Waals surface area contributed by atoms with Crippen LogP contribution in [0.5, 0.6) is 0 Å². The number of carbonyl (C=O) groups is 1. The van der Waals surface area contributed by atoms with E-state index in [2.05, 4.69) is 13.8 Å². The molecular formula is C28H34O3. The fourth-order valence-electron chi connectivity index (χ4n) is 8.38. The minimum Gasteiger partial charge on any atom is -0.457 e. The molecular weight excluding hydrogens is 384 g/mol. The first-order valence-corrected chi connectivity index (χ1v) is 12.3. The Morgan fingerprint density at radius 1 is 1.00 bits per heavy atom. The van der Waals surface area contributed by atoms with E-state index in [4.69, 9.17) is 4.42 Å². The van der Waals surface area contributed by atoms with Crippen LogP contribution in [-0.2, 0) is 12.8 Å². The van der Waals surface area contributed by atoms with Crippen molar-refractivity contribution in [3.8, 4) is 0 Å². The molecule has 0 spiro atoms. The van der Waals surface area contributed by atoms with Gasteiger partial charge >= 0.3 is 0 Å². The van der Waals surface area contributed by atoms with E-state index in [1.807, 2.05) is 36.4 Å². The molecule has 0 radical (unpaired) electrons. The van der Waals surface area contributed by atoms with Crippen molar-refractivity contribution in [1.82, 2.24) is 0 Å². The van der Waals surface area contributed by atoms with Crippen LogP contribution in [-0.4, -0.2) is 17.0 Å². The lowest BCUT2D eigenvalue weighted by atomic mass is 9.45. The Bertz CT molecular complexity index is 1010. The van der Waals surface area contributed by atoms with Gasteiger partial charge in [-0.05, 0) is 91.1 Å². The molecule has 1 heterocycles. The maximum Gasteiger partial charge on any atom is 0.228 e. The molecule has 3 heteroatoms. The van der Waals surface area contributed by atoms with Crippen LogP contribution in [0.2, 0.25) is 0 Å². The van der Waals surface area contributed by atoms with Crippen molar-refractivity contribution in [1.29, 1.82) is 0 Å². The second kappa shape index (κ2) is 6.81. The van der Waals surface area contributed by atoms with Gasteiger partial charge in [-0.25, -0.2) is 0 Å². The summed E-state index contributed by atoms with van der Waals surface area (Å²) in [5.41, 5.74) is 2.37. The minimum absolute atomic E-state index is 0.00521. The molecule has 3 saturated carbocycles. The van der Waals surface area contributed by atoms with Gasteiger partial charge in [0.1, 0.15) is 5.76 Å². The van der Waals surface area contributed by atoms with E-state index in [1.165, 1.54) is 31.2 Å². The molecule has 3 fully saturated rings. The molecule has 1 N–H and O–H groups in total. The third-order valence-corrected chi connectivity index (χ3v) is 10.2. The second-order valence-electron chi connectivity index (χ2n) is 11.4. The second-order valence-corrected chi connectivity index (χ2v) is 11.4. The topological polar surface area (TPSA) is 50.4 Å². The van der Waals surface area contributed by atoms with E-state index >= 15 is 0 Å². The average Bonchev–Trinajstić information content (AvgIpc) is 3.31. The smallest absolute Gasteiger partial charge is 0.228 e. The molecule has 0 aliphatic heterocycles. The van der Waals surface area contributed by atoms with Gasteiger partial charge in [-0.3, -0.25) is 4.79 Å². The molecule has 7 atom stereocenters. The van der Waals surface area contributed by atoms with Gasteiger partial charge in [-0.2, -0.15) is 0 Å². The van der Waals surface area contributed by atoms with Gasteiger partial charge in [-0.15, -0.1) is 0 Å². The number of hydrogen-bond donors (Lipinski definition) is 1. The van der Waals surface area contributed by atoms with Crippen LogP contribution in [0.3, 0.4) is 0 Å². The van der Waals surface area contributed by atoms with Gasteiger partial charge < -0.3 is 9.52 Å². The number of carbonyl (C=O) groups excluding carboxylic acids is 1. The minimum atomic E-state index is -0.109. The quantitative estimate of drug-likeness (QED) is 0.624. The van der Waals surface area contributed by atoms with Crippen LogP contribution in [0, 0.1) is 34.5 Å². The number of rotatable bonds is 2. The summed E-state index contributed by atoms with van der Waals surface area (Å²) < 4.78 is 6.17. The Kier molecular flexibility index (Phi) is 4.35. The molecule has 1 aromatic heterocycles. The molecule has 4 aliphatic rings. The number of fused-ring (bicyclic) bond motifs is 6. The van der Waals surface area contributed by atoms with Crippen molar-refractivity contribution in [2.75, 3.05) is 0 Å². The fourth-order valence-corrected chi connectivity index (χ4v) is 8.38. The zero-order chi connectivity index (χ0) is 21.4. The van der Waals surface area contributed by atoms with Crippen LogP contribution in [0.4, 0.5) is 0 Å². The predicted octanol–water partition coefficient (Wildman–Crippen LogP) is 5.83. The first kappa shape index (κ1) is 19.8. The van der Waals surface area contributed by atoms with Crippen molar-refractivity contribution in [2.45, 2.75) is 71.3 Å². The van der Waals surface area contributed by atoms with E-state index < -0.39 is 0 Å². The Morgan fingerprint density at radius 3 is 2.58 bits per heavy atom. The summed E-state index contributed by atoms with van der Waals surface area (Å²) in [6, 6.07) is 11.5. The average molecular weight is 419 g/mol. The molecule has 0 saturated heterocycles. The van der Waals surface area contributed by atoms with Gasteiger partial charge in [0.15, 0.2) is 5.76 Å². The lowest BCUT2D eigenvalue weighted by Gasteiger charge is -2.59. The Hall–Kier alpha value is -1.87. The third-order valence-electron chi connectivity index (χ3n) is 10.2. The summed E-state index contributed by atoms with van der Waals surface area (Å²) >= 11 is 0. The molecule has 3 unspecified atom stereocenters. The van der Waals surface area contributed by atoms with E-state index in [0.717, 1.165) is 43.3 Å². The summed E-state index contributed by atoms with van der Waals surface area (Å²) in [6.07, 6.45) is 9.04. The lowest BCUT2D eigenvalue weighted by molar-refractivity contribution is -0.112. The maximum absolute atomic E-state index is 13.0. The van der Waals surface area contributed by atoms with Crippen LogP contribution < -0.4 is 0 Å². The Labute approximate surface area is 185 Å². The predicted molar refractivity (Wildman–Crippen MR) is 120 cm³/mol. The number of aliphatic hydroxyl groups is 1. The Balaban J connectivity index is 1.30. The van der Waals surface area contributed by atoms with Crippen molar-refractivity contribution in [3.63, 3.8) is 0 Å². The first-order valence-electron chi connectivity index (χ1n) is 12.3. The SMILES string of the molecule is C[C@]12CCC3C(CC[C@H]4Cc5oc(C(=O)c6ccccc6)cc5C[C@]34C)C1CC[C@@H]2O. The largest absolute Gasteiger partial charge is 0.457 e. The summed E-state index contributed by atoms with van der Waals surface area (Å²) in [4.78, 5) is 13.0. The van der Waals surface area contributed by atoms with Crippen LogP contribution >= 0.6 is 0 Å². The molecule has 1 aromatic carbocycles. The summed E-state index contributed by atoms with van der Waals surface area (Å²) in [5.74, 6) is 4.35. The first-order chi connectivity index (χ1) is 14.9. The van der Waals surface area contributed by atoms with Gasteiger partial charge in [0.25, 0.3) is 0 Å². The molecule has 0 bridgehead atoms. The van der Waals surface area contributed by atoms with Crippen LogP contribution in [0.15, 0.2) is 40.8 Å². The van der Waals surface area contributed by atoms with E-state index in [9.17, 15) is 9.90 Å². The summed E-state index contributed by atoms with van der Waals surface area (Å²) in [7, 11) is 0. The van der Waals surface area contributed by atoms with Gasteiger partial charge in [0.2, 0.25) is 5.78 Å². The molecule has 4 aliphatic carbocycles. The number of ketones is 1. The molecule has 3 nitrogen and oxygen atoms in total. The van der Waals surface area contributed by atoms with Gasteiger partial charge in [0.05, 0.1) is 6.10 Å². The summed E-state index contributed by atoms with van der Waals surface area (Å²) in [5, 5.41) is 10.7. The molecule has 31 heavy (non-hydrogen) atoms. The molecule has 0 amide bonds. The van der Waals surface area contributed by atoms with Crippen molar-refractivity contribution in [2.24, 2.45) is 34.5 Å². The van der Waals surface area contributed by atoms with Gasteiger partial charge in [0, 0.05) is 12.0 Å². The zero-order valence-corrected chi connectivity index (χ0v) is 18.8. The molecule has 6 rings (SSSR count). The molecule has 2 aromatic rings. The highest BCUT2D eigenvalue weighted by Gasteiger charge is 2.60. The number of hydrogen-bond acceptors (Lipinski definition) is 3. The van der Waals surface area contributed by atoms with E-state index in [-0.39, 0.29) is 22.7 Å². The monoisotopic (exact) mass is 418 g/mol. The molecule has 164 valence electrons. The van der Waals surface area contributed by atoms with Crippen molar-refractivity contribution >= 4 is 5.78 Å². The number of furan rings is 1. The third kappa shape index (κ3) is 2.78. The van der Waals surface area contributed by atoms with Crippen LogP contribution in [0.25, 0.3) is 0 Å². The van der Waals surface area contributed by atoms with Gasteiger partial charge in [-0.1, -0.05) is 44.2 Å². The fraction of sp³-hybridized carbons (Fsp3) is 0.607. The zero-order valence-electron chi connectivity index (χ0n) is 18.8. The van der Waals surface area contributed by atoms with E-state index in [0.29, 0.717) is 23.2 Å². The van der Waals surface area contributed by atoms with Crippen LogP contribution in [0.1, 0.15) is 79.8 Å². The maximum atomic E-state index is 13.0. The van der Waals surface area contributed by atoms with E-state index in [1.54, 1.807) is 0 Å². The lowest BCUT2D eigenvalue weighted by Crippen LogP contribution is -2.54. The standard InChI is InChI=1S/C28H34O3/c1-27-13-12-22-20(21(27)10-11-25(27)29)9-8-19-15-23-18(16-28(19,22)2)14-24(31-23)26(30)17-6-4-3-5-7-17/h3-7,14,19-22,25,29H,8-13,15-16H2,1-2H3/t19-,20?,21?,22?,25-,27-,28-/m0/s1.